The lowest BCUT2D eigenvalue weighted by molar-refractivity contribution is 0.276. The van der Waals surface area contributed by atoms with Gasteiger partial charge in [0.05, 0.1) is 18.8 Å². The second-order valence-corrected chi connectivity index (χ2v) is 6.09. The third-order valence-electron chi connectivity index (χ3n) is 3.10. The van der Waals surface area contributed by atoms with E-state index in [9.17, 15) is 5.11 Å². The van der Waals surface area contributed by atoms with Gasteiger partial charge < -0.3 is 10.0 Å². The number of imidazole rings is 1. The van der Waals surface area contributed by atoms with E-state index >= 15 is 0 Å². The van der Waals surface area contributed by atoms with Gasteiger partial charge in [0.15, 0.2) is 10.8 Å². The average Bonchev–Trinajstić information content (AvgIpc) is 3.11. The Bertz CT molecular complexity index is 657. The van der Waals surface area contributed by atoms with Gasteiger partial charge >= 0.3 is 0 Å². The summed E-state index contributed by atoms with van der Waals surface area (Å²) < 4.78 is 1.97. The maximum Gasteiger partial charge on any atom is 0.195 e. The Kier molecular flexibility index (Phi) is 3.54. The largest absolute Gasteiger partial charge is 0.390 e. The van der Waals surface area contributed by atoms with Crippen molar-refractivity contribution in [3.05, 3.63) is 39.7 Å². The molecule has 0 atom stereocenters. The molecule has 0 unspecified atom stereocenters. The SMILES string of the molecule is CCN(Cc1cccs1)c1nc2sccn2c1CO. The zero-order valence-corrected chi connectivity index (χ0v) is 12.2. The number of aliphatic hydroxyl groups is 1. The fourth-order valence-electron chi connectivity index (χ4n) is 2.15. The van der Waals surface area contributed by atoms with Crippen molar-refractivity contribution in [2.75, 3.05) is 11.4 Å². The zero-order valence-electron chi connectivity index (χ0n) is 10.6. The molecule has 0 fully saturated rings. The minimum absolute atomic E-state index is 0.00811. The molecular weight excluding hydrogens is 278 g/mol. The lowest BCUT2D eigenvalue weighted by atomic mass is 10.3. The molecule has 3 heterocycles. The molecule has 0 saturated heterocycles. The standard InChI is InChI=1S/C13H15N3OS2/c1-2-15(8-10-4-3-6-18-10)12-11(9-17)16-5-7-19-13(16)14-12/h3-7,17H,2,8-9H2,1H3. The van der Waals surface area contributed by atoms with Crippen LogP contribution < -0.4 is 4.90 Å². The molecule has 1 N–H and O–H groups in total. The Hall–Kier alpha value is -1.37. The normalized spacial score (nSPS) is 11.3. The van der Waals surface area contributed by atoms with Gasteiger partial charge in [0, 0.05) is 23.0 Å². The molecule has 0 spiro atoms. The number of aliphatic hydroxyl groups excluding tert-OH is 1. The van der Waals surface area contributed by atoms with Crippen LogP contribution in [0.2, 0.25) is 0 Å². The number of aromatic nitrogens is 2. The highest BCUT2D eigenvalue weighted by Crippen LogP contribution is 2.26. The van der Waals surface area contributed by atoms with Gasteiger partial charge in [-0.1, -0.05) is 6.07 Å². The summed E-state index contributed by atoms with van der Waals surface area (Å²) in [5.41, 5.74) is 0.870. The maximum atomic E-state index is 9.61. The molecule has 3 aromatic rings. The minimum Gasteiger partial charge on any atom is -0.390 e. The monoisotopic (exact) mass is 293 g/mol. The van der Waals surface area contributed by atoms with Crippen LogP contribution in [-0.4, -0.2) is 21.0 Å². The number of anilines is 1. The van der Waals surface area contributed by atoms with Gasteiger partial charge in [0.1, 0.15) is 0 Å². The fourth-order valence-corrected chi connectivity index (χ4v) is 3.60. The lowest BCUT2D eigenvalue weighted by Crippen LogP contribution is -2.23. The van der Waals surface area contributed by atoms with Crippen LogP contribution in [0.1, 0.15) is 17.5 Å². The van der Waals surface area contributed by atoms with Crippen LogP contribution in [0.3, 0.4) is 0 Å². The van der Waals surface area contributed by atoms with E-state index in [0.29, 0.717) is 0 Å². The molecule has 0 bridgehead atoms. The number of thiophene rings is 1. The van der Waals surface area contributed by atoms with Gasteiger partial charge in [-0.3, -0.25) is 4.40 Å². The molecule has 100 valence electrons. The maximum absolute atomic E-state index is 9.61. The van der Waals surface area contributed by atoms with Gasteiger partial charge in [-0.25, -0.2) is 4.98 Å². The number of hydrogen-bond donors (Lipinski definition) is 1. The van der Waals surface area contributed by atoms with Crippen molar-refractivity contribution < 1.29 is 5.11 Å². The highest BCUT2D eigenvalue weighted by molar-refractivity contribution is 7.15. The Morgan fingerprint density at radius 1 is 1.37 bits per heavy atom. The van der Waals surface area contributed by atoms with Crippen molar-refractivity contribution in [1.29, 1.82) is 0 Å². The first-order chi connectivity index (χ1) is 9.33. The van der Waals surface area contributed by atoms with Crippen molar-refractivity contribution in [2.24, 2.45) is 0 Å². The molecule has 4 nitrogen and oxygen atoms in total. The van der Waals surface area contributed by atoms with E-state index < -0.39 is 0 Å². The highest BCUT2D eigenvalue weighted by Gasteiger charge is 2.17. The molecule has 0 aliphatic rings. The molecule has 6 heteroatoms. The topological polar surface area (TPSA) is 40.8 Å². The molecule has 0 saturated carbocycles. The zero-order chi connectivity index (χ0) is 13.2. The smallest absolute Gasteiger partial charge is 0.195 e. The number of thiazole rings is 1. The van der Waals surface area contributed by atoms with Crippen molar-refractivity contribution in [3.8, 4) is 0 Å². The molecule has 0 amide bonds. The number of rotatable bonds is 5. The number of hydrogen-bond acceptors (Lipinski definition) is 5. The second-order valence-electron chi connectivity index (χ2n) is 4.19. The molecule has 3 rings (SSSR count). The average molecular weight is 293 g/mol. The highest BCUT2D eigenvalue weighted by atomic mass is 32.1. The van der Waals surface area contributed by atoms with Gasteiger partial charge in [-0.2, -0.15) is 0 Å². The predicted octanol–water partition coefficient (Wildman–Crippen LogP) is 2.98. The first-order valence-electron chi connectivity index (χ1n) is 6.16. The third kappa shape index (κ3) is 2.27. The van der Waals surface area contributed by atoms with Crippen LogP contribution in [0.4, 0.5) is 5.82 Å². The predicted molar refractivity (Wildman–Crippen MR) is 80.0 cm³/mol. The van der Waals surface area contributed by atoms with Gasteiger partial charge in [0.25, 0.3) is 0 Å². The van der Waals surface area contributed by atoms with Gasteiger partial charge in [0.2, 0.25) is 0 Å². The second kappa shape index (κ2) is 5.32. The van der Waals surface area contributed by atoms with Crippen molar-refractivity contribution in [2.45, 2.75) is 20.1 Å². The van der Waals surface area contributed by atoms with Gasteiger partial charge in [-0.05, 0) is 18.4 Å². The summed E-state index contributed by atoms with van der Waals surface area (Å²) in [6, 6.07) is 4.19. The summed E-state index contributed by atoms with van der Waals surface area (Å²) in [7, 11) is 0. The van der Waals surface area contributed by atoms with Crippen LogP contribution >= 0.6 is 22.7 Å². The summed E-state index contributed by atoms with van der Waals surface area (Å²) in [6.07, 6.45) is 1.96. The quantitative estimate of drug-likeness (QED) is 0.786. The van der Waals surface area contributed by atoms with E-state index in [1.54, 1.807) is 22.7 Å². The van der Waals surface area contributed by atoms with E-state index in [2.05, 4.69) is 34.3 Å². The van der Waals surface area contributed by atoms with E-state index in [1.807, 2.05) is 16.0 Å². The Morgan fingerprint density at radius 3 is 2.95 bits per heavy atom. The van der Waals surface area contributed by atoms with Crippen molar-refractivity contribution in [3.63, 3.8) is 0 Å². The molecule has 0 aromatic carbocycles. The van der Waals surface area contributed by atoms with Crippen molar-refractivity contribution in [1.82, 2.24) is 9.38 Å². The number of fused-ring (bicyclic) bond motifs is 1. The Labute approximate surface area is 119 Å². The summed E-state index contributed by atoms with van der Waals surface area (Å²) in [4.78, 5) is 9.09. The van der Waals surface area contributed by atoms with E-state index in [4.69, 9.17) is 0 Å². The molecular formula is C13H15N3OS2. The summed E-state index contributed by atoms with van der Waals surface area (Å²) in [6.45, 7) is 3.83. The number of nitrogens with zero attached hydrogens (tertiary/aromatic N) is 3. The summed E-state index contributed by atoms with van der Waals surface area (Å²) >= 11 is 3.34. The lowest BCUT2D eigenvalue weighted by Gasteiger charge is -2.20. The Morgan fingerprint density at radius 2 is 2.26 bits per heavy atom. The fraction of sp³-hybridized carbons (Fsp3) is 0.308. The molecule has 3 aromatic heterocycles. The first kappa shape index (κ1) is 12.7. The third-order valence-corrected chi connectivity index (χ3v) is 4.72. The Balaban J connectivity index is 1.98. The molecule has 0 aliphatic heterocycles. The minimum atomic E-state index is 0.00811. The summed E-state index contributed by atoms with van der Waals surface area (Å²) in [5, 5.41) is 13.7. The van der Waals surface area contributed by atoms with Crippen LogP contribution in [0, 0.1) is 0 Å². The van der Waals surface area contributed by atoms with Gasteiger partial charge in [-0.15, -0.1) is 22.7 Å². The molecule has 0 aliphatic carbocycles. The van der Waals surface area contributed by atoms with Crippen molar-refractivity contribution >= 4 is 33.5 Å². The van der Waals surface area contributed by atoms with E-state index in [1.165, 1.54) is 4.88 Å². The van der Waals surface area contributed by atoms with Crippen LogP contribution in [0.25, 0.3) is 4.96 Å². The van der Waals surface area contributed by atoms with Crippen LogP contribution in [-0.2, 0) is 13.2 Å². The van der Waals surface area contributed by atoms with Crippen LogP contribution in [0.5, 0.6) is 0 Å². The van der Waals surface area contributed by atoms with E-state index in [-0.39, 0.29) is 6.61 Å². The van der Waals surface area contributed by atoms with Crippen LogP contribution in [0.15, 0.2) is 29.1 Å². The summed E-state index contributed by atoms with van der Waals surface area (Å²) in [5.74, 6) is 0.894. The first-order valence-corrected chi connectivity index (χ1v) is 7.92. The molecule has 0 radical (unpaired) electrons. The van der Waals surface area contributed by atoms with E-state index in [0.717, 1.165) is 29.6 Å². The molecule has 19 heavy (non-hydrogen) atoms.